The van der Waals surface area contributed by atoms with Crippen molar-refractivity contribution in [2.24, 2.45) is 0 Å². The van der Waals surface area contributed by atoms with Gasteiger partial charge in [-0.25, -0.2) is 8.42 Å². The summed E-state index contributed by atoms with van der Waals surface area (Å²) in [7, 11) is -2.77. The summed E-state index contributed by atoms with van der Waals surface area (Å²) in [4.78, 5) is 0. The topological polar surface area (TPSA) is 66.4 Å². The maximum Gasteiger partial charge on any atom is 0.150 e. The van der Waals surface area contributed by atoms with Gasteiger partial charge in [-0.2, -0.15) is 0 Å². The van der Waals surface area contributed by atoms with E-state index >= 15 is 0 Å². The number of phenolic OH excluding ortho intramolecular Hbond substituents is 1. The van der Waals surface area contributed by atoms with E-state index in [1.54, 1.807) is 12.1 Å². The lowest BCUT2D eigenvalue weighted by Crippen LogP contribution is -2.38. The van der Waals surface area contributed by atoms with E-state index in [9.17, 15) is 8.42 Å². The maximum absolute atomic E-state index is 11.3. The molecule has 1 aliphatic heterocycles. The Labute approximate surface area is 108 Å². The zero-order chi connectivity index (χ0) is 13.0. The average molecular weight is 269 g/mol. The highest BCUT2D eigenvalue weighted by Crippen LogP contribution is 2.13. The van der Waals surface area contributed by atoms with Gasteiger partial charge in [-0.1, -0.05) is 12.1 Å². The van der Waals surface area contributed by atoms with Crippen LogP contribution in [0.3, 0.4) is 0 Å². The van der Waals surface area contributed by atoms with Gasteiger partial charge in [0.1, 0.15) is 15.6 Å². The van der Waals surface area contributed by atoms with Crippen molar-refractivity contribution in [1.29, 1.82) is 0 Å². The first-order chi connectivity index (χ1) is 8.55. The molecule has 2 N–H and O–H groups in total. The lowest BCUT2D eigenvalue weighted by molar-refractivity contribution is 0.465. The van der Waals surface area contributed by atoms with Gasteiger partial charge in [-0.3, -0.25) is 0 Å². The monoisotopic (exact) mass is 269 g/mol. The second kappa shape index (κ2) is 5.71. The van der Waals surface area contributed by atoms with Crippen LogP contribution in [0, 0.1) is 0 Å². The molecule has 0 unspecified atom stereocenters. The molecular formula is C13H19NO3S. The number of aromatic hydroxyl groups is 1. The van der Waals surface area contributed by atoms with Gasteiger partial charge >= 0.3 is 0 Å². The van der Waals surface area contributed by atoms with Crippen molar-refractivity contribution >= 4 is 9.84 Å². The molecule has 0 aromatic heterocycles. The molecule has 1 saturated heterocycles. The van der Waals surface area contributed by atoms with Crippen LogP contribution in [-0.4, -0.2) is 37.6 Å². The fraction of sp³-hybridized carbons (Fsp3) is 0.538. The summed E-state index contributed by atoms with van der Waals surface area (Å²) in [6.07, 6.45) is 2.33. The molecule has 2 rings (SSSR count). The van der Waals surface area contributed by atoms with Gasteiger partial charge in [0.2, 0.25) is 0 Å². The molecule has 0 amide bonds. The molecule has 100 valence electrons. The number of hydrogen-bond donors (Lipinski definition) is 2. The van der Waals surface area contributed by atoms with Crippen LogP contribution in [0.5, 0.6) is 5.75 Å². The van der Waals surface area contributed by atoms with E-state index < -0.39 is 9.84 Å². The highest BCUT2D eigenvalue weighted by Gasteiger charge is 2.22. The van der Waals surface area contributed by atoms with Crippen molar-refractivity contribution in [3.05, 3.63) is 29.8 Å². The number of rotatable bonds is 4. The molecule has 0 saturated carbocycles. The first kappa shape index (κ1) is 13.4. The van der Waals surface area contributed by atoms with Crippen molar-refractivity contribution in [3.8, 4) is 5.75 Å². The molecule has 1 aromatic carbocycles. The molecule has 0 bridgehead atoms. The van der Waals surface area contributed by atoms with Crippen LogP contribution in [0.4, 0.5) is 0 Å². The fourth-order valence-electron chi connectivity index (χ4n) is 2.18. The highest BCUT2D eigenvalue weighted by atomic mass is 32.2. The molecule has 1 heterocycles. The Kier molecular flexibility index (Phi) is 4.24. The van der Waals surface area contributed by atoms with Gasteiger partial charge in [0, 0.05) is 6.04 Å². The van der Waals surface area contributed by atoms with Crippen molar-refractivity contribution in [2.75, 3.05) is 18.1 Å². The predicted octanol–water partition coefficient (Wildman–Crippen LogP) is 1.10. The Morgan fingerprint density at radius 2 is 1.78 bits per heavy atom. The zero-order valence-electron chi connectivity index (χ0n) is 10.3. The van der Waals surface area contributed by atoms with Crippen LogP contribution in [-0.2, 0) is 16.3 Å². The standard InChI is InChI=1S/C13H19NO3S/c15-13-3-1-11(2-4-13)5-8-14-12-6-9-18(16,17)10-7-12/h1-4,12,14-15H,5-10H2. The minimum absolute atomic E-state index is 0.282. The van der Waals surface area contributed by atoms with Gasteiger partial charge in [-0.15, -0.1) is 0 Å². The van der Waals surface area contributed by atoms with E-state index in [0.717, 1.165) is 25.8 Å². The molecule has 0 spiro atoms. The van der Waals surface area contributed by atoms with Gasteiger partial charge < -0.3 is 10.4 Å². The van der Waals surface area contributed by atoms with Crippen molar-refractivity contribution in [2.45, 2.75) is 25.3 Å². The molecule has 1 fully saturated rings. The Morgan fingerprint density at radius 1 is 1.17 bits per heavy atom. The quantitative estimate of drug-likeness (QED) is 0.859. The lowest BCUT2D eigenvalue weighted by atomic mass is 10.1. The van der Waals surface area contributed by atoms with E-state index in [-0.39, 0.29) is 5.75 Å². The molecule has 4 nitrogen and oxygen atoms in total. The third kappa shape index (κ3) is 3.99. The number of phenols is 1. The summed E-state index contributed by atoms with van der Waals surface area (Å²) in [5.74, 6) is 0.900. The van der Waals surface area contributed by atoms with Crippen LogP contribution in [0.25, 0.3) is 0 Å². The van der Waals surface area contributed by atoms with Gasteiger partial charge in [0.05, 0.1) is 11.5 Å². The second-order valence-electron chi connectivity index (χ2n) is 4.80. The first-order valence-corrected chi connectivity index (χ1v) is 8.09. The van der Waals surface area contributed by atoms with Crippen LogP contribution in [0.1, 0.15) is 18.4 Å². The van der Waals surface area contributed by atoms with Gasteiger partial charge in [-0.05, 0) is 43.5 Å². The minimum Gasteiger partial charge on any atom is -0.508 e. The Bertz CT molecular complexity index is 467. The highest BCUT2D eigenvalue weighted by molar-refractivity contribution is 7.91. The molecule has 1 aliphatic rings. The summed E-state index contributed by atoms with van der Waals surface area (Å²) >= 11 is 0. The predicted molar refractivity (Wildman–Crippen MR) is 71.5 cm³/mol. The summed E-state index contributed by atoms with van der Waals surface area (Å²) in [5.41, 5.74) is 1.17. The third-order valence-corrected chi connectivity index (χ3v) is 5.05. The van der Waals surface area contributed by atoms with Crippen molar-refractivity contribution < 1.29 is 13.5 Å². The molecule has 0 aliphatic carbocycles. The first-order valence-electron chi connectivity index (χ1n) is 6.27. The maximum atomic E-state index is 11.3. The molecule has 1 aromatic rings. The van der Waals surface area contributed by atoms with E-state index in [2.05, 4.69) is 5.32 Å². The van der Waals surface area contributed by atoms with Crippen LogP contribution >= 0.6 is 0 Å². The minimum atomic E-state index is -2.77. The van der Waals surface area contributed by atoms with Crippen molar-refractivity contribution in [3.63, 3.8) is 0 Å². The van der Waals surface area contributed by atoms with Crippen molar-refractivity contribution in [1.82, 2.24) is 5.32 Å². The lowest BCUT2D eigenvalue weighted by Gasteiger charge is -2.23. The molecule has 5 heteroatoms. The number of hydrogen-bond acceptors (Lipinski definition) is 4. The molecular weight excluding hydrogens is 250 g/mol. The summed E-state index contributed by atoms with van der Waals surface area (Å²) in [5, 5.41) is 12.6. The summed E-state index contributed by atoms with van der Waals surface area (Å²) in [6.45, 7) is 0.843. The second-order valence-corrected chi connectivity index (χ2v) is 7.10. The normalized spacial score (nSPS) is 19.8. The Hall–Kier alpha value is -1.07. The van der Waals surface area contributed by atoms with Gasteiger partial charge in [0.25, 0.3) is 0 Å². The summed E-state index contributed by atoms with van der Waals surface area (Å²) < 4.78 is 22.5. The SMILES string of the molecule is O=S1(=O)CCC(NCCc2ccc(O)cc2)CC1. The fourth-order valence-corrected chi connectivity index (χ4v) is 3.67. The molecule has 0 atom stereocenters. The third-order valence-electron chi connectivity index (χ3n) is 3.34. The summed E-state index contributed by atoms with van der Waals surface area (Å²) in [6, 6.07) is 7.50. The number of sulfone groups is 1. The molecule has 0 radical (unpaired) electrons. The Balaban J connectivity index is 1.71. The largest absolute Gasteiger partial charge is 0.508 e. The Morgan fingerprint density at radius 3 is 2.39 bits per heavy atom. The number of benzene rings is 1. The van der Waals surface area contributed by atoms with E-state index in [4.69, 9.17) is 5.11 Å². The zero-order valence-corrected chi connectivity index (χ0v) is 11.1. The van der Waals surface area contributed by atoms with Gasteiger partial charge in [0.15, 0.2) is 0 Å². The molecule has 18 heavy (non-hydrogen) atoms. The smallest absolute Gasteiger partial charge is 0.150 e. The van der Waals surface area contributed by atoms with E-state index in [1.807, 2.05) is 12.1 Å². The van der Waals surface area contributed by atoms with E-state index in [0.29, 0.717) is 17.5 Å². The average Bonchev–Trinajstić information content (AvgIpc) is 2.34. The van der Waals surface area contributed by atoms with E-state index in [1.165, 1.54) is 5.56 Å². The van der Waals surface area contributed by atoms with Crippen LogP contribution < -0.4 is 5.32 Å². The number of nitrogens with one attached hydrogen (secondary N) is 1. The van der Waals surface area contributed by atoms with Crippen LogP contribution in [0.15, 0.2) is 24.3 Å². The van der Waals surface area contributed by atoms with Crippen LogP contribution in [0.2, 0.25) is 0 Å².